The van der Waals surface area contributed by atoms with Crippen molar-refractivity contribution in [3.8, 4) is 0 Å². The minimum atomic E-state index is 0.771. The highest BCUT2D eigenvalue weighted by atomic mass is 15.1. The summed E-state index contributed by atoms with van der Waals surface area (Å²) in [5.74, 6) is 0. The van der Waals surface area contributed by atoms with Crippen molar-refractivity contribution in [1.82, 2.24) is 9.88 Å². The molecular formula is C19H22N4. The molecule has 23 heavy (non-hydrogen) atoms. The van der Waals surface area contributed by atoms with E-state index in [2.05, 4.69) is 36.2 Å². The largest absolute Gasteiger partial charge is 0.399 e. The molecule has 0 saturated carbocycles. The number of pyridine rings is 1. The summed E-state index contributed by atoms with van der Waals surface area (Å²) in [4.78, 5) is 6.99. The first-order chi connectivity index (χ1) is 11.1. The Kier molecular flexibility index (Phi) is 4.44. The van der Waals surface area contributed by atoms with Crippen molar-refractivity contribution in [2.45, 2.75) is 13.0 Å². The number of nitrogens with two attached hydrogens (primary N) is 2. The number of aromatic nitrogens is 1. The Hall–Kier alpha value is -2.59. The van der Waals surface area contributed by atoms with E-state index in [1.165, 1.54) is 5.56 Å². The van der Waals surface area contributed by atoms with Crippen LogP contribution < -0.4 is 11.5 Å². The first-order valence-electron chi connectivity index (χ1n) is 7.78. The molecule has 4 nitrogen and oxygen atoms in total. The first-order valence-corrected chi connectivity index (χ1v) is 7.78. The molecule has 1 heterocycles. The third-order valence-corrected chi connectivity index (χ3v) is 3.96. The van der Waals surface area contributed by atoms with Crippen LogP contribution in [-0.4, -0.2) is 23.5 Å². The van der Waals surface area contributed by atoms with Crippen molar-refractivity contribution < 1.29 is 0 Å². The fourth-order valence-corrected chi connectivity index (χ4v) is 2.63. The van der Waals surface area contributed by atoms with Crippen molar-refractivity contribution in [3.63, 3.8) is 0 Å². The Morgan fingerprint density at radius 1 is 0.913 bits per heavy atom. The summed E-state index contributed by atoms with van der Waals surface area (Å²) in [6, 6.07) is 18.0. The minimum Gasteiger partial charge on any atom is -0.399 e. The fraction of sp³-hybridized carbons (Fsp3) is 0.211. The van der Waals surface area contributed by atoms with E-state index in [-0.39, 0.29) is 0 Å². The van der Waals surface area contributed by atoms with Crippen LogP contribution >= 0.6 is 0 Å². The molecule has 0 aliphatic rings. The van der Waals surface area contributed by atoms with E-state index < -0.39 is 0 Å². The number of hydrogen-bond donors (Lipinski definition) is 2. The van der Waals surface area contributed by atoms with Crippen molar-refractivity contribution in [1.29, 1.82) is 0 Å². The second kappa shape index (κ2) is 6.67. The van der Waals surface area contributed by atoms with Gasteiger partial charge in [0, 0.05) is 29.9 Å². The summed E-state index contributed by atoms with van der Waals surface area (Å²) in [6.45, 7) is 1.81. The molecule has 0 saturated heterocycles. The summed E-state index contributed by atoms with van der Waals surface area (Å²) in [5.41, 5.74) is 16.5. The molecule has 0 amide bonds. The number of rotatable bonds is 5. The van der Waals surface area contributed by atoms with E-state index in [1.807, 2.05) is 30.3 Å². The zero-order chi connectivity index (χ0) is 16.2. The van der Waals surface area contributed by atoms with Gasteiger partial charge in [0.2, 0.25) is 0 Å². The zero-order valence-corrected chi connectivity index (χ0v) is 13.4. The van der Waals surface area contributed by atoms with E-state index in [9.17, 15) is 0 Å². The van der Waals surface area contributed by atoms with Gasteiger partial charge in [0.25, 0.3) is 0 Å². The normalized spacial score (nSPS) is 11.2. The molecule has 0 radical (unpaired) electrons. The maximum atomic E-state index is 5.80. The molecule has 0 aliphatic heterocycles. The summed E-state index contributed by atoms with van der Waals surface area (Å²) < 4.78 is 0. The zero-order valence-electron chi connectivity index (χ0n) is 13.4. The van der Waals surface area contributed by atoms with Gasteiger partial charge in [0.15, 0.2) is 0 Å². The van der Waals surface area contributed by atoms with Gasteiger partial charge in [-0.3, -0.25) is 4.98 Å². The number of nitrogen functional groups attached to an aromatic ring is 2. The summed E-state index contributed by atoms with van der Waals surface area (Å²) in [7, 11) is 2.12. The van der Waals surface area contributed by atoms with E-state index in [0.717, 1.165) is 47.5 Å². The third-order valence-electron chi connectivity index (χ3n) is 3.96. The first kappa shape index (κ1) is 15.3. The number of hydrogen-bond acceptors (Lipinski definition) is 4. The van der Waals surface area contributed by atoms with Crippen molar-refractivity contribution >= 4 is 22.3 Å². The molecule has 0 spiro atoms. The van der Waals surface area contributed by atoms with Gasteiger partial charge in [-0.1, -0.05) is 18.2 Å². The van der Waals surface area contributed by atoms with Crippen molar-refractivity contribution in [3.05, 3.63) is 65.9 Å². The molecule has 4 N–H and O–H groups in total. The Balaban J connectivity index is 1.62. The Labute approximate surface area is 136 Å². The Bertz CT molecular complexity index is 796. The lowest BCUT2D eigenvalue weighted by Gasteiger charge is -2.16. The summed E-state index contributed by atoms with van der Waals surface area (Å²) >= 11 is 0. The monoisotopic (exact) mass is 306 g/mol. The van der Waals surface area contributed by atoms with Gasteiger partial charge in [0.05, 0.1) is 11.2 Å². The van der Waals surface area contributed by atoms with Crippen molar-refractivity contribution in [2.75, 3.05) is 25.1 Å². The summed E-state index contributed by atoms with van der Waals surface area (Å²) in [6.07, 6.45) is 1.00. The molecule has 0 bridgehead atoms. The molecule has 0 unspecified atom stereocenters. The SMILES string of the molecule is CN(CCc1ccc(N)cc1)Cc1ccc2cc(N)ccc2n1. The number of anilines is 2. The molecule has 1 aromatic heterocycles. The molecule has 4 heteroatoms. The molecule has 118 valence electrons. The van der Waals surface area contributed by atoms with Crippen LogP contribution in [0.2, 0.25) is 0 Å². The standard InChI is InChI=1S/C19H22N4/c1-23(11-10-14-2-5-16(20)6-3-14)13-18-8-4-15-12-17(21)7-9-19(15)22-18/h2-9,12H,10-11,13,20-21H2,1H3. The lowest BCUT2D eigenvalue weighted by molar-refractivity contribution is 0.327. The lowest BCUT2D eigenvalue weighted by Crippen LogP contribution is -2.21. The van der Waals surface area contributed by atoms with Gasteiger partial charge >= 0.3 is 0 Å². The maximum absolute atomic E-state index is 5.80. The highest BCUT2D eigenvalue weighted by Crippen LogP contribution is 2.16. The van der Waals surface area contributed by atoms with E-state index in [4.69, 9.17) is 16.5 Å². The van der Waals surface area contributed by atoms with Crippen LogP contribution in [0.1, 0.15) is 11.3 Å². The van der Waals surface area contributed by atoms with Gasteiger partial charge in [-0.05, 0) is 55.4 Å². The molecule has 3 aromatic rings. The van der Waals surface area contributed by atoms with Crippen LogP contribution in [0.5, 0.6) is 0 Å². The van der Waals surface area contributed by atoms with Gasteiger partial charge < -0.3 is 16.4 Å². The maximum Gasteiger partial charge on any atom is 0.0707 e. The average molecular weight is 306 g/mol. The third kappa shape index (κ3) is 3.99. The van der Waals surface area contributed by atoms with E-state index in [0.29, 0.717) is 0 Å². The second-order valence-corrected chi connectivity index (χ2v) is 5.98. The van der Waals surface area contributed by atoms with Crippen LogP contribution in [0, 0.1) is 0 Å². The quantitative estimate of drug-likeness (QED) is 0.711. The topological polar surface area (TPSA) is 68.2 Å². The number of likely N-dealkylation sites (N-methyl/N-ethyl adjacent to an activating group) is 1. The highest BCUT2D eigenvalue weighted by Gasteiger charge is 2.04. The number of nitrogens with zero attached hydrogens (tertiary/aromatic N) is 2. The van der Waals surface area contributed by atoms with E-state index >= 15 is 0 Å². The highest BCUT2D eigenvalue weighted by molar-refractivity contribution is 5.81. The smallest absolute Gasteiger partial charge is 0.0707 e. The van der Waals surface area contributed by atoms with Gasteiger partial charge in [-0.15, -0.1) is 0 Å². The Morgan fingerprint density at radius 3 is 2.43 bits per heavy atom. The molecule has 2 aromatic carbocycles. The number of benzene rings is 2. The molecule has 0 fully saturated rings. The van der Waals surface area contributed by atoms with Crippen LogP contribution in [0.25, 0.3) is 10.9 Å². The summed E-state index contributed by atoms with van der Waals surface area (Å²) in [5, 5.41) is 1.08. The van der Waals surface area contributed by atoms with Crippen molar-refractivity contribution in [2.24, 2.45) is 0 Å². The second-order valence-electron chi connectivity index (χ2n) is 5.98. The predicted octanol–water partition coefficient (Wildman–Crippen LogP) is 3.07. The van der Waals surface area contributed by atoms with Crippen LogP contribution in [0.3, 0.4) is 0 Å². The van der Waals surface area contributed by atoms with Gasteiger partial charge in [0.1, 0.15) is 0 Å². The van der Waals surface area contributed by atoms with Gasteiger partial charge in [-0.25, -0.2) is 0 Å². The number of fused-ring (bicyclic) bond motifs is 1. The Morgan fingerprint density at radius 2 is 1.65 bits per heavy atom. The van der Waals surface area contributed by atoms with E-state index in [1.54, 1.807) is 0 Å². The lowest BCUT2D eigenvalue weighted by atomic mass is 10.1. The van der Waals surface area contributed by atoms with Crippen LogP contribution in [0.4, 0.5) is 11.4 Å². The van der Waals surface area contributed by atoms with Crippen LogP contribution in [0.15, 0.2) is 54.6 Å². The van der Waals surface area contributed by atoms with Crippen LogP contribution in [-0.2, 0) is 13.0 Å². The van der Waals surface area contributed by atoms with Gasteiger partial charge in [-0.2, -0.15) is 0 Å². The molecular weight excluding hydrogens is 284 g/mol. The fourth-order valence-electron chi connectivity index (χ4n) is 2.63. The average Bonchev–Trinajstić information content (AvgIpc) is 2.54. The minimum absolute atomic E-state index is 0.771. The predicted molar refractivity (Wildman–Crippen MR) is 97.0 cm³/mol. The molecule has 0 aliphatic carbocycles. The molecule has 0 atom stereocenters. The molecule has 3 rings (SSSR count).